The first-order chi connectivity index (χ1) is 14.5. The van der Waals surface area contributed by atoms with Crippen LogP contribution >= 0.6 is 0 Å². The first kappa shape index (κ1) is 21.6. The number of nitrogens with zero attached hydrogens (tertiary/aromatic N) is 2. The molecule has 31 heavy (non-hydrogen) atoms. The van der Waals surface area contributed by atoms with Gasteiger partial charge in [0.05, 0.1) is 16.1 Å². The van der Waals surface area contributed by atoms with Gasteiger partial charge in [-0.15, -0.1) is 0 Å². The van der Waals surface area contributed by atoms with Crippen molar-refractivity contribution in [3.8, 4) is 0 Å². The van der Waals surface area contributed by atoms with Gasteiger partial charge < -0.3 is 4.74 Å². The Labute approximate surface area is 171 Å². The van der Waals surface area contributed by atoms with E-state index in [-0.39, 0.29) is 11.1 Å². The number of carbonyl (C=O) groups excluding carboxylic acids is 4. The lowest BCUT2D eigenvalue weighted by Gasteiger charge is -2.13. The molecular weight excluding hydrogens is 425 g/mol. The smallest absolute Gasteiger partial charge is 0.416 e. The second kappa shape index (κ2) is 7.97. The molecule has 0 saturated carbocycles. The van der Waals surface area contributed by atoms with Crippen molar-refractivity contribution < 1.29 is 42.0 Å². The lowest BCUT2D eigenvalue weighted by atomic mass is 10.1. The summed E-state index contributed by atoms with van der Waals surface area (Å²) in [5, 5.41) is 11.1. The van der Waals surface area contributed by atoms with Crippen LogP contribution in [0.15, 0.2) is 42.5 Å². The van der Waals surface area contributed by atoms with Crippen molar-refractivity contribution in [1.82, 2.24) is 4.90 Å². The largest absolute Gasteiger partial charge is 0.456 e. The number of imide groups is 1. The molecule has 160 valence electrons. The Kier molecular flexibility index (Phi) is 5.56. The maximum atomic E-state index is 12.7. The monoisotopic (exact) mass is 436 g/mol. The highest BCUT2D eigenvalue weighted by atomic mass is 19.4. The van der Waals surface area contributed by atoms with E-state index >= 15 is 0 Å². The fourth-order valence-corrected chi connectivity index (χ4v) is 2.88. The number of fused-ring (bicyclic) bond motifs is 1. The highest BCUT2D eigenvalue weighted by Crippen LogP contribution is 2.31. The second-order valence-electron chi connectivity index (χ2n) is 6.32. The third-order valence-corrected chi connectivity index (χ3v) is 4.34. The summed E-state index contributed by atoms with van der Waals surface area (Å²) in [6.45, 7) is -1.86. The minimum absolute atomic E-state index is 0.257. The van der Waals surface area contributed by atoms with E-state index in [0.717, 1.165) is 24.3 Å². The zero-order valence-electron chi connectivity index (χ0n) is 15.3. The highest BCUT2D eigenvalue weighted by molar-refractivity contribution is 6.24. The zero-order chi connectivity index (χ0) is 22.9. The molecule has 0 unspecified atom stereocenters. The van der Waals surface area contributed by atoms with Gasteiger partial charge in [-0.1, -0.05) is 18.2 Å². The van der Waals surface area contributed by atoms with Crippen LogP contribution in [0, 0.1) is 10.1 Å². The molecule has 2 aromatic rings. The summed E-state index contributed by atoms with van der Waals surface area (Å²) < 4.78 is 42.9. The van der Waals surface area contributed by atoms with Crippen LogP contribution in [0.5, 0.6) is 0 Å². The van der Waals surface area contributed by atoms with Crippen molar-refractivity contribution in [2.75, 3.05) is 13.2 Å². The topological polar surface area (TPSA) is 124 Å². The van der Waals surface area contributed by atoms with Crippen LogP contribution in [0.1, 0.15) is 36.6 Å². The van der Waals surface area contributed by atoms with Gasteiger partial charge in [0.2, 0.25) is 0 Å². The van der Waals surface area contributed by atoms with Crippen molar-refractivity contribution >= 4 is 29.3 Å². The minimum Gasteiger partial charge on any atom is -0.456 e. The summed E-state index contributed by atoms with van der Waals surface area (Å²) in [4.78, 5) is 59.3. The second-order valence-corrected chi connectivity index (χ2v) is 6.32. The number of ether oxygens (including phenoxy) is 1. The number of esters is 1. The fraction of sp³-hybridized carbons (Fsp3) is 0.158. The quantitative estimate of drug-likeness (QED) is 0.224. The molecule has 0 fully saturated rings. The van der Waals surface area contributed by atoms with Crippen LogP contribution in [0.3, 0.4) is 0 Å². The van der Waals surface area contributed by atoms with Crippen LogP contribution in [0.4, 0.5) is 18.9 Å². The summed E-state index contributed by atoms with van der Waals surface area (Å²) in [5.74, 6) is -4.16. The number of carbonyl (C=O) groups is 4. The van der Waals surface area contributed by atoms with Gasteiger partial charge in [0.1, 0.15) is 12.1 Å². The van der Waals surface area contributed by atoms with Crippen LogP contribution in [0.25, 0.3) is 0 Å². The SMILES string of the molecule is O=C(CN1C(=O)c2cccc([N+](=O)[O-])c2C1=O)OCC(=O)c1cccc(C(F)(F)F)c1. The molecule has 1 aliphatic rings. The standard InChI is InChI=1S/C19H11F3N2O7/c20-19(21,22)11-4-1-3-10(7-11)14(25)9-31-15(26)8-23-17(27)12-5-2-6-13(24(29)30)16(12)18(23)28/h1-7H,8-9H2. The van der Waals surface area contributed by atoms with Gasteiger partial charge in [0.15, 0.2) is 12.4 Å². The number of amides is 2. The summed E-state index contributed by atoms with van der Waals surface area (Å²) in [5.41, 5.74) is -2.74. The van der Waals surface area contributed by atoms with Gasteiger partial charge in [-0.2, -0.15) is 13.2 Å². The van der Waals surface area contributed by atoms with E-state index in [1.54, 1.807) is 0 Å². The van der Waals surface area contributed by atoms with E-state index in [2.05, 4.69) is 4.74 Å². The number of nitro groups is 1. The number of benzene rings is 2. The first-order valence-corrected chi connectivity index (χ1v) is 8.50. The Balaban J connectivity index is 1.66. The van der Waals surface area contributed by atoms with E-state index in [4.69, 9.17) is 0 Å². The number of halogens is 3. The molecule has 1 aliphatic heterocycles. The Hall–Kier alpha value is -4.09. The minimum atomic E-state index is -4.67. The summed E-state index contributed by atoms with van der Waals surface area (Å²) in [6, 6.07) is 6.91. The molecule has 0 saturated heterocycles. The van der Waals surface area contributed by atoms with Crippen LogP contribution < -0.4 is 0 Å². The van der Waals surface area contributed by atoms with Crippen molar-refractivity contribution in [2.45, 2.75) is 6.18 Å². The number of rotatable bonds is 6. The lowest BCUT2D eigenvalue weighted by molar-refractivity contribution is -0.385. The Morgan fingerprint density at radius 1 is 1.06 bits per heavy atom. The van der Waals surface area contributed by atoms with Gasteiger partial charge in [0, 0.05) is 11.6 Å². The Morgan fingerprint density at radius 3 is 2.39 bits per heavy atom. The maximum absolute atomic E-state index is 12.7. The van der Waals surface area contributed by atoms with E-state index in [1.807, 2.05) is 0 Å². The number of ketones is 1. The van der Waals surface area contributed by atoms with E-state index in [0.29, 0.717) is 11.0 Å². The van der Waals surface area contributed by atoms with Crippen LogP contribution in [0.2, 0.25) is 0 Å². The van der Waals surface area contributed by atoms with E-state index in [1.165, 1.54) is 12.1 Å². The summed E-state index contributed by atoms with van der Waals surface area (Å²) >= 11 is 0. The van der Waals surface area contributed by atoms with Crippen molar-refractivity contribution in [3.05, 3.63) is 74.8 Å². The van der Waals surface area contributed by atoms with E-state index in [9.17, 15) is 42.5 Å². The molecule has 0 bridgehead atoms. The normalized spacial score (nSPS) is 13.2. The first-order valence-electron chi connectivity index (χ1n) is 8.50. The van der Waals surface area contributed by atoms with Gasteiger partial charge in [-0.3, -0.25) is 34.2 Å². The molecule has 12 heteroatoms. The molecule has 0 radical (unpaired) electrons. The van der Waals surface area contributed by atoms with Gasteiger partial charge in [0.25, 0.3) is 17.5 Å². The van der Waals surface area contributed by atoms with Gasteiger partial charge >= 0.3 is 12.1 Å². The Morgan fingerprint density at radius 2 is 1.74 bits per heavy atom. The number of nitro benzene ring substituents is 1. The number of alkyl halides is 3. The number of hydrogen-bond donors (Lipinski definition) is 0. The number of hydrogen-bond acceptors (Lipinski definition) is 7. The lowest BCUT2D eigenvalue weighted by Crippen LogP contribution is -2.36. The van der Waals surface area contributed by atoms with Crippen LogP contribution in [-0.2, 0) is 15.7 Å². The van der Waals surface area contributed by atoms with E-state index < -0.39 is 64.6 Å². The average molecular weight is 436 g/mol. The summed E-state index contributed by atoms with van der Waals surface area (Å²) in [6.07, 6.45) is -4.67. The molecule has 0 atom stereocenters. The van der Waals surface area contributed by atoms with Crippen molar-refractivity contribution in [1.29, 1.82) is 0 Å². The van der Waals surface area contributed by atoms with Gasteiger partial charge in [-0.05, 0) is 18.2 Å². The molecule has 0 spiro atoms. The van der Waals surface area contributed by atoms with Crippen molar-refractivity contribution in [2.24, 2.45) is 0 Å². The molecule has 0 N–H and O–H groups in total. The predicted octanol–water partition coefficient (Wildman–Crippen LogP) is 2.64. The van der Waals surface area contributed by atoms with Crippen molar-refractivity contribution in [3.63, 3.8) is 0 Å². The zero-order valence-corrected chi connectivity index (χ0v) is 15.3. The summed E-state index contributed by atoms with van der Waals surface area (Å²) in [7, 11) is 0. The molecular formula is C19H11F3N2O7. The third-order valence-electron chi connectivity index (χ3n) is 4.34. The fourth-order valence-electron chi connectivity index (χ4n) is 2.88. The highest BCUT2D eigenvalue weighted by Gasteiger charge is 2.42. The average Bonchev–Trinajstić information content (AvgIpc) is 2.96. The predicted molar refractivity (Wildman–Crippen MR) is 95.2 cm³/mol. The molecule has 2 amide bonds. The molecule has 0 aliphatic carbocycles. The van der Waals surface area contributed by atoms with Crippen LogP contribution in [-0.4, -0.2) is 46.5 Å². The van der Waals surface area contributed by atoms with Gasteiger partial charge in [-0.25, -0.2) is 0 Å². The maximum Gasteiger partial charge on any atom is 0.416 e. The number of Topliss-reactive ketones (excluding diaryl/α,β-unsaturated/α-hetero) is 1. The molecule has 9 nitrogen and oxygen atoms in total. The molecule has 0 aromatic heterocycles. The molecule has 2 aromatic carbocycles. The molecule has 3 rings (SSSR count). The third kappa shape index (κ3) is 4.27. The molecule has 1 heterocycles. The Bertz CT molecular complexity index is 1130.